The Hall–Kier alpha value is -2.47. The molecule has 0 bridgehead atoms. The number of rotatable bonds is 6. The van der Waals surface area contributed by atoms with Crippen molar-refractivity contribution in [3.05, 3.63) is 60.2 Å². The number of carbonyl (C=O) groups is 2. The Morgan fingerprint density at radius 1 is 1.08 bits per heavy atom. The first-order valence-electron chi connectivity index (χ1n) is 7.51. The number of thioether (sulfide) groups is 1. The Balaban J connectivity index is 1.83. The van der Waals surface area contributed by atoms with Gasteiger partial charge in [0.25, 0.3) is 0 Å². The number of nitrogens with one attached hydrogen (secondary N) is 2. The van der Waals surface area contributed by atoms with Crippen LogP contribution in [0.1, 0.15) is 12.5 Å². The van der Waals surface area contributed by atoms with Crippen LogP contribution in [0.25, 0.3) is 0 Å². The quantitative estimate of drug-likeness (QED) is 0.785. The molecule has 2 aromatic rings. The van der Waals surface area contributed by atoms with Crippen molar-refractivity contribution >= 4 is 29.4 Å². The number of hydrogen-bond acceptors (Lipinski definition) is 4. The summed E-state index contributed by atoms with van der Waals surface area (Å²) in [7, 11) is 0. The van der Waals surface area contributed by atoms with Crippen LogP contribution in [0.3, 0.4) is 0 Å². The first kappa shape index (κ1) is 17.9. The molecule has 1 atom stereocenters. The second kappa shape index (κ2) is 8.98. The maximum atomic E-state index is 12.2. The Bertz CT molecular complexity index is 692. The van der Waals surface area contributed by atoms with Crippen LogP contribution in [0, 0.1) is 0 Å². The number of benzene rings is 2. The fraction of sp³-hybridized carbons (Fsp3) is 0.222. The predicted octanol–water partition coefficient (Wildman–Crippen LogP) is 3.66. The number of carbonyl (C=O) groups excluding carboxylic acids is 2. The van der Waals surface area contributed by atoms with Crippen LogP contribution in [0.2, 0.25) is 0 Å². The number of hydrogen-bond donors (Lipinski definition) is 2. The highest BCUT2D eigenvalue weighted by molar-refractivity contribution is 7.98. The average molecular weight is 344 g/mol. The zero-order chi connectivity index (χ0) is 17.4. The molecule has 1 unspecified atom stereocenters. The lowest BCUT2D eigenvalue weighted by Crippen LogP contribution is -2.41. The van der Waals surface area contributed by atoms with Gasteiger partial charge in [-0.3, -0.25) is 4.79 Å². The third-order valence-corrected chi connectivity index (χ3v) is 4.10. The van der Waals surface area contributed by atoms with Gasteiger partial charge in [-0.1, -0.05) is 42.5 Å². The summed E-state index contributed by atoms with van der Waals surface area (Å²) in [5.41, 5.74) is 1.61. The number of anilines is 1. The molecule has 0 fully saturated rings. The zero-order valence-corrected chi connectivity index (χ0v) is 14.4. The van der Waals surface area contributed by atoms with E-state index in [4.69, 9.17) is 4.74 Å². The number of ether oxygens (including phenoxy) is 1. The van der Waals surface area contributed by atoms with Crippen LogP contribution >= 0.6 is 11.8 Å². The van der Waals surface area contributed by atoms with E-state index in [2.05, 4.69) is 10.6 Å². The number of amides is 2. The van der Waals surface area contributed by atoms with Crippen molar-refractivity contribution in [2.45, 2.75) is 24.5 Å². The van der Waals surface area contributed by atoms with Crippen molar-refractivity contribution < 1.29 is 14.3 Å². The van der Waals surface area contributed by atoms with Crippen molar-refractivity contribution in [3.63, 3.8) is 0 Å². The fourth-order valence-electron chi connectivity index (χ4n) is 2.00. The Kier molecular flexibility index (Phi) is 6.69. The van der Waals surface area contributed by atoms with Gasteiger partial charge in [-0.25, -0.2) is 4.79 Å². The first-order valence-corrected chi connectivity index (χ1v) is 8.73. The molecule has 6 heteroatoms. The van der Waals surface area contributed by atoms with Crippen molar-refractivity contribution in [1.29, 1.82) is 0 Å². The van der Waals surface area contributed by atoms with E-state index in [1.807, 2.05) is 60.9 Å². The number of para-hydroxylation sites is 1. The molecule has 0 aliphatic heterocycles. The summed E-state index contributed by atoms with van der Waals surface area (Å²) in [5.74, 6) is -0.298. The van der Waals surface area contributed by atoms with Crippen LogP contribution < -0.4 is 10.6 Å². The summed E-state index contributed by atoms with van der Waals surface area (Å²) in [5, 5.41) is 5.34. The van der Waals surface area contributed by atoms with Crippen LogP contribution in [-0.4, -0.2) is 24.3 Å². The van der Waals surface area contributed by atoms with Gasteiger partial charge in [0.2, 0.25) is 5.91 Å². The molecule has 0 heterocycles. The SMILES string of the molecule is CSc1ccccc1NC(=O)C(C)NC(=O)OCc1ccccc1. The van der Waals surface area contributed by atoms with Gasteiger partial charge in [-0.05, 0) is 30.9 Å². The molecular formula is C18H20N2O3S. The van der Waals surface area contributed by atoms with Crippen molar-refractivity contribution in [2.75, 3.05) is 11.6 Å². The van der Waals surface area contributed by atoms with Gasteiger partial charge in [-0.15, -0.1) is 11.8 Å². The van der Waals surface area contributed by atoms with Gasteiger partial charge in [-0.2, -0.15) is 0 Å². The molecule has 0 aromatic heterocycles. The Labute approximate surface area is 145 Å². The van der Waals surface area contributed by atoms with E-state index in [9.17, 15) is 9.59 Å². The third kappa shape index (κ3) is 5.31. The van der Waals surface area contributed by atoms with Gasteiger partial charge in [0, 0.05) is 4.90 Å². The standard InChI is InChI=1S/C18H20N2O3S/c1-13(17(21)20-15-10-6-7-11-16(15)24-2)19-18(22)23-12-14-8-4-3-5-9-14/h3-11,13H,12H2,1-2H3,(H,19,22)(H,20,21). The van der Waals surface area contributed by atoms with E-state index in [1.54, 1.807) is 18.7 Å². The second-order valence-corrected chi connectivity index (χ2v) is 5.97. The minimum Gasteiger partial charge on any atom is -0.445 e. The first-order chi connectivity index (χ1) is 11.6. The lowest BCUT2D eigenvalue weighted by atomic mass is 10.2. The summed E-state index contributed by atoms with van der Waals surface area (Å²) in [6.07, 6.45) is 1.31. The van der Waals surface area contributed by atoms with Gasteiger partial charge in [0.1, 0.15) is 12.6 Å². The van der Waals surface area contributed by atoms with Crippen LogP contribution in [-0.2, 0) is 16.1 Å². The van der Waals surface area contributed by atoms with E-state index < -0.39 is 12.1 Å². The smallest absolute Gasteiger partial charge is 0.408 e. The van der Waals surface area contributed by atoms with Crippen LogP contribution in [0.4, 0.5) is 10.5 Å². The van der Waals surface area contributed by atoms with Crippen molar-refractivity contribution in [3.8, 4) is 0 Å². The highest BCUT2D eigenvalue weighted by Crippen LogP contribution is 2.24. The molecule has 2 aromatic carbocycles. The molecule has 0 aliphatic carbocycles. The minimum atomic E-state index is -0.705. The van der Waals surface area contributed by atoms with Crippen molar-refractivity contribution in [1.82, 2.24) is 5.32 Å². The lowest BCUT2D eigenvalue weighted by molar-refractivity contribution is -0.117. The molecule has 0 aliphatic rings. The molecule has 24 heavy (non-hydrogen) atoms. The summed E-state index contributed by atoms with van der Waals surface area (Å²) >= 11 is 1.54. The fourth-order valence-corrected chi connectivity index (χ4v) is 2.55. The molecule has 126 valence electrons. The summed E-state index contributed by atoms with van der Waals surface area (Å²) in [6, 6.07) is 16.2. The molecule has 0 saturated heterocycles. The molecule has 0 saturated carbocycles. The molecule has 0 spiro atoms. The minimum absolute atomic E-state index is 0.163. The lowest BCUT2D eigenvalue weighted by Gasteiger charge is -2.15. The van der Waals surface area contributed by atoms with E-state index in [-0.39, 0.29) is 12.5 Å². The maximum Gasteiger partial charge on any atom is 0.408 e. The molecule has 0 radical (unpaired) electrons. The van der Waals surface area contributed by atoms with Gasteiger partial charge in [0.15, 0.2) is 0 Å². The molecule has 2 amide bonds. The largest absolute Gasteiger partial charge is 0.445 e. The third-order valence-electron chi connectivity index (χ3n) is 3.31. The highest BCUT2D eigenvalue weighted by Gasteiger charge is 2.17. The van der Waals surface area contributed by atoms with Crippen LogP contribution in [0.15, 0.2) is 59.5 Å². The summed E-state index contributed by atoms with van der Waals surface area (Å²) in [4.78, 5) is 25.0. The van der Waals surface area contributed by atoms with E-state index in [1.165, 1.54) is 0 Å². The van der Waals surface area contributed by atoms with Gasteiger partial charge in [0.05, 0.1) is 5.69 Å². The topological polar surface area (TPSA) is 67.4 Å². The van der Waals surface area contributed by atoms with Crippen molar-refractivity contribution in [2.24, 2.45) is 0 Å². The molecular weight excluding hydrogens is 324 g/mol. The monoisotopic (exact) mass is 344 g/mol. The Morgan fingerprint density at radius 3 is 2.46 bits per heavy atom. The molecule has 5 nitrogen and oxygen atoms in total. The second-order valence-electron chi connectivity index (χ2n) is 5.12. The number of alkyl carbamates (subject to hydrolysis) is 1. The van der Waals surface area contributed by atoms with Gasteiger partial charge < -0.3 is 15.4 Å². The Morgan fingerprint density at radius 2 is 1.75 bits per heavy atom. The predicted molar refractivity (Wildman–Crippen MR) is 96.1 cm³/mol. The summed E-state index contributed by atoms with van der Waals surface area (Å²) < 4.78 is 5.11. The van der Waals surface area contributed by atoms with E-state index >= 15 is 0 Å². The zero-order valence-electron chi connectivity index (χ0n) is 13.6. The molecule has 2 rings (SSSR count). The average Bonchev–Trinajstić information content (AvgIpc) is 2.61. The van der Waals surface area contributed by atoms with E-state index in [0.717, 1.165) is 16.1 Å². The highest BCUT2D eigenvalue weighted by atomic mass is 32.2. The van der Waals surface area contributed by atoms with E-state index in [0.29, 0.717) is 0 Å². The summed E-state index contributed by atoms with van der Waals surface area (Å²) in [6.45, 7) is 1.77. The van der Waals surface area contributed by atoms with Gasteiger partial charge >= 0.3 is 6.09 Å². The molecule has 2 N–H and O–H groups in total. The van der Waals surface area contributed by atoms with Crippen LogP contribution in [0.5, 0.6) is 0 Å². The normalized spacial score (nSPS) is 11.4. The maximum absolute atomic E-state index is 12.2.